The molecule has 0 saturated heterocycles. The number of aryl methyl sites for hydroxylation is 1. The van der Waals surface area contributed by atoms with Crippen molar-refractivity contribution in [2.24, 2.45) is 0 Å². The molecule has 1 amide bonds. The third kappa shape index (κ3) is 3.41. The zero-order valence-electron chi connectivity index (χ0n) is 11.9. The Bertz CT molecular complexity index is 664. The third-order valence-electron chi connectivity index (χ3n) is 3.41. The predicted molar refractivity (Wildman–Crippen MR) is 74.6 cm³/mol. The maximum Gasteiger partial charge on any atom is 0.408 e. The second-order valence-corrected chi connectivity index (χ2v) is 4.91. The number of rotatable bonds is 5. The number of aliphatic hydroxyl groups excluding tert-OH is 1. The van der Waals surface area contributed by atoms with Gasteiger partial charge >= 0.3 is 6.18 Å². The molecule has 0 unspecified atom stereocenters. The second-order valence-electron chi connectivity index (χ2n) is 4.91. The highest BCUT2D eigenvalue weighted by Crippen LogP contribution is 2.25. The van der Waals surface area contributed by atoms with Gasteiger partial charge in [0.1, 0.15) is 17.9 Å². The van der Waals surface area contributed by atoms with Crippen molar-refractivity contribution in [3.63, 3.8) is 0 Å². The molecular formula is C15H16F3NO3. The van der Waals surface area contributed by atoms with Crippen molar-refractivity contribution in [3.05, 3.63) is 35.6 Å². The van der Waals surface area contributed by atoms with E-state index in [2.05, 4.69) is 0 Å². The molecule has 0 aliphatic carbocycles. The molecule has 2 aromatic rings. The molecule has 120 valence electrons. The summed E-state index contributed by atoms with van der Waals surface area (Å²) < 4.78 is 43.6. The SMILES string of the molecule is CCc1ccc2occ(C(=O)N[C@@H](CCO)C(F)(F)F)c2c1. The molecule has 1 heterocycles. The van der Waals surface area contributed by atoms with Gasteiger partial charge in [-0.1, -0.05) is 13.0 Å². The number of hydrogen-bond donors (Lipinski definition) is 2. The van der Waals surface area contributed by atoms with Crippen molar-refractivity contribution in [1.29, 1.82) is 0 Å². The average Bonchev–Trinajstić information content (AvgIpc) is 2.88. The molecular weight excluding hydrogens is 299 g/mol. The number of furan rings is 1. The lowest BCUT2D eigenvalue weighted by molar-refractivity contribution is -0.156. The van der Waals surface area contributed by atoms with Crippen LogP contribution in [0.15, 0.2) is 28.9 Å². The Hall–Kier alpha value is -2.02. The molecule has 0 radical (unpaired) electrons. The van der Waals surface area contributed by atoms with Crippen LogP contribution in [0.5, 0.6) is 0 Å². The van der Waals surface area contributed by atoms with Gasteiger partial charge < -0.3 is 14.8 Å². The molecule has 0 bridgehead atoms. The molecule has 7 heteroatoms. The summed E-state index contributed by atoms with van der Waals surface area (Å²) in [5, 5.41) is 11.1. The molecule has 1 atom stereocenters. The maximum absolute atomic E-state index is 12.8. The predicted octanol–water partition coefficient (Wildman–Crippen LogP) is 3.04. The molecule has 1 aromatic carbocycles. The fourth-order valence-electron chi connectivity index (χ4n) is 2.15. The number of amides is 1. The average molecular weight is 315 g/mol. The van der Waals surface area contributed by atoms with Crippen LogP contribution < -0.4 is 5.32 Å². The van der Waals surface area contributed by atoms with Crippen molar-refractivity contribution in [3.8, 4) is 0 Å². The number of halogens is 3. The van der Waals surface area contributed by atoms with E-state index in [-0.39, 0.29) is 5.56 Å². The highest BCUT2D eigenvalue weighted by molar-refractivity contribution is 6.06. The lowest BCUT2D eigenvalue weighted by Crippen LogP contribution is -2.45. The summed E-state index contributed by atoms with van der Waals surface area (Å²) in [6.45, 7) is 1.26. The van der Waals surface area contributed by atoms with Gasteiger partial charge in [0.15, 0.2) is 0 Å². The van der Waals surface area contributed by atoms with Crippen molar-refractivity contribution >= 4 is 16.9 Å². The van der Waals surface area contributed by atoms with E-state index in [9.17, 15) is 18.0 Å². The lowest BCUT2D eigenvalue weighted by atomic mass is 10.1. The number of fused-ring (bicyclic) bond motifs is 1. The molecule has 0 spiro atoms. The highest BCUT2D eigenvalue weighted by atomic mass is 19.4. The Balaban J connectivity index is 2.29. The normalized spacial score (nSPS) is 13.3. The molecule has 2 N–H and O–H groups in total. The second kappa shape index (κ2) is 6.39. The number of benzene rings is 1. The molecule has 0 aliphatic rings. The van der Waals surface area contributed by atoms with Gasteiger partial charge in [-0.25, -0.2) is 0 Å². The smallest absolute Gasteiger partial charge is 0.408 e. The number of aliphatic hydroxyl groups is 1. The largest absolute Gasteiger partial charge is 0.463 e. The van der Waals surface area contributed by atoms with E-state index < -0.39 is 31.2 Å². The minimum Gasteiger partial charge on any atom is -0.463 e. The van der Waals surface area contributed by atoms with Crippen LogP contribution in [0.25, 0.3) is 11.0 Å². The Labute approximate surface area is 124 Å². The van der Waals surface area contributed by atoms with Crippen molar-refractivity contribution in [2.45, 2.75) is 32.0 Å². The first-order valence-corrected chi connectivity index (χ1v) is 6.85. The van der Waals surface area contributed by atoms with Crippen LogP contribution >= 0.6 is 0 Å². The van der Waals surface area contributed by atoms with E-state index in [1.54, 1.807) is 12.1 Å². The molecule has 0 fully saturated rings. The summed E-state index contributed by atoms with van der Waals surface area (Å²) in [5.41, 5.74) is 1.44. The van der Waals surface area contributed by atoms with E-state index in [4.69, 9.17) is 9.52 Å². The Morgan fingerprint density at radius 2 is 2.14 bits per heavy atom. The van der Waals surface area contributed by atoms with Crippen LogP contribution in [0.3, 0.4) is 0 Å². The van der Waals surface area contributed by atoms with Crippen LogP contribution in [0.1, 0.15) is 29.3 Å². The molecule has 0 saturated carbocycles. The van der Waals surface area contributed by atoms with E-state index in [0.29, 0.717) is 11.0 Å². The van der Waals surface area contributed by atoms with E-state index in [1.165, 1.54) is 0 Å². The van der Waals surface area contributed by atoms with E-state index in [1.807, 2.05) is 18.3 Å². The summed E-state index contributed by atoms with van der Waals surface area (Å²) in [4.78, 5) is 12.1. The summed E-state index contributed by atoms with van der Waals surface area (Å²) in [6.07, 6.45) is -3.33. The Kier molecular flexibility index (Phi) is 4.75. The fraction of sp³-hybridized carbons (Fsp3) is 0.400. The molecule has 22 heavy (non-hydrogen) atoms. The number of nitrogens with one attached hydrogen (secondary N) is 1. The summed E-state index contributed by atoms with van der Waals surface area (Å²) in [6, 6.07) is 3.14. The lowest BCUT2D eigenvalue weighted by Gasteiger charge is -2.20. The quantitative estimate of drug-likeness (QED) is 0.891. The Morgan fingerprint density at radius 3 is 2.73 bits per heavy atom. The van der Waals surface area contributed by atoms with Crippen molar-refractivity contribution in [2.75, 3.05) is 6.61 Å². The minimum atomic E-state index is -4.62. The van der Waals surface area contributed by atoms with Gasteiger partial charge in [-0.15, -0.1) is 0 Å². The number of alkyl halides is 3. The number of carbonyl (C=O) groups is 1. The first-order valence-electron chi connectivity index (χ1n) is 6.85. The summed E-state index contributed by atoms with van der Waals surface area (Å²) in [7, 11) is 0. The van der Waals surface area contributed by atoms with E-state index >= 15 is 0 Å². The van der Waals surface area contributed by atoms with Gasteiger partial charge in [-0.3, -0.25) is 4.79 Å². The topological polar surface area (TPSA) is 62.5 Å². The summed E-state index contributed by atoms with van der Waals surface area (Å²) >= 11 is 0. The first-order chi connectivity index (χ1) is 10.4. The maximum atomic E-state index is 12.8. The molecule has 2 rings (SSSR count). The van der Waals surface area contributed by atoms with Gasteiger partial charge in [-0.2, -0.15) is 13.2 Å². The van der Waals surface area contributed by atoms with Crippen molar-refractivity contribution < 1.29 is 27.5 Å². The summed E-state index contributed by atoms with van der Waals surface area (Å²) in [5.74, 6) is -0.872. The van der Waals surface area contributed by atoms with Crippen LogP contribution in [-0.4, -0.2) is 29.8 Å². The van der Waals surface area contributed by atoms with Crippen LogP contribution in [0, 0.1) is 0 Å². The van der Waals surface area contributed by atoms with Crippen LogP contribution in [-0.2, 0) is 6.42 Å². The fourth-order valence-corrected chi connectivity index (χ4v) is 2.15. The van der Waals surface area contributed by atoms with Gasteiger partial charge in [-0.05, 0) is 30.5 Å². The van der Waals surface area contributed by atoms with Crippen molar-refractivity contribution in [1.82, 2.24) is 5.32 Å². The third-order valence-corrected chi connectivity index (χ3v) is 3.41. The highest BCUT2D eigenvalue weighted by Gasteiger charge is 2.40. The standard InChI is InChI=1S/C15H16F3NO3/c1-2-9-3-4-12-10(7-9)11(8-22-12)14(21)19-13(5-6-20)15(16,17)18/h3-4,7-8,13,20H,2,5-6H2,1H3,(H,19,21)/t13-/m0/s1. The molecule has 1 aromatic heterocycles. The number of carbonyl (C=O) groups excluding carboxylic acids is 1. The van der Waals surface area contributed by atoms with Crippen LogP contribution in [0.4, 0.5) is 13.2 Å². The zero-order valence-corrected chi connectivity index (χ0v) is 11.9. The van der Waals surface area contributed by atoms with Gasteiger partial charge in [0, 0.05) is 12.0 Å². The van der Waals surface area contributed by atoms with Gasteiger partial charge in [0.2, 0.25) is 0 Å². The monoisotopic (exact) mass is 315 g/mol. The van der Waals surface area contributed by atoms with Gasteiger partial charge in [0.25, 0.3) is 5.91 Å². The van der Waals surface area contributed by atoms with E-state index in [0.717, 1.165) is 18.2 Å². The molecule has 0 aliphatic heterocycles. The minimum absolute atomic E-state index is 0.0532. The van der Waals surface area contributed by atoms with Crippen LogP contribution in [0.2, 0.25) is 0 Å². The first kappa shape index (κ1) is 16.4. The Morgan fingerprint density at radius 1 is 1.41 bits per heavy atom. The van der Waals surface area contributed by atoms with Gasteiger partial charge in [0.05, 0.1) is 5.56 Å². The number of hydrogen-bond acceptors (Lipinski definition) is 3. The molecule has 4 nitrogen and oxygen atoms in total. The zero-order chi connectivity index (χ0) is 16.3.